The normalized spacial score (nSPS) is 18.8. The second-order valence-corrected chi connectivity index (χ2v) is 7.21. The number of ether oxygens (including phenoxy) is 1. The minimum Gasteiger partial charge on any atom is -0.484 e. The molecular weight excluding hydrogens is 475 g/mol. The Labute approximate surface area is 175 Å². The highest BCUT2D eigenvalue weighted by Crippen LogP contribution is 2.41. The Hall–Kier alpha value is -2.99. The van der Waals surface area contributed by atoms with Gasteiger partial charge in [0.15, 0.2) is 6.61 Å². The van der Waals surface area contributed by atoms with Crippen LogP contribution in [0, 0.1) is 10.1 Å². The summed E-state index contributed by atoms with van der Waals surface area (Å²) in [6.45, 7) is -0.868. The summed E-state index contributed by atoms with van der Waals surface area (Å²) in [5, 5.41) is 24.6. The van der Waals surface area contributed by atoms with Crippen LogP contribution in [0.1, 0.15) is 12.0 Å². The number of carbonyl (C=O) groups excluding carboxylic acids is 1. The Morgan fingerprint density at radius 1 is 1.23 bits per heavy atom. The predicted molar refractivity (Wildman–Crippen MR) is 102 cm³/mol. The van der Waals surface area contributed by atoms with Crippen molar-refractivity contribution in [1.29, 1.82) is 0 Å². The van der Waals surface area contributed by atoms with Gasteiger partial charge in [-0.2, -0.15) is 23.3 Å². The summed E-state index contributed by atoms with van der Waals surface area (Å²) in [6, 6.07) is 10.8. The van der Waals surface area contributed by atoms with Crippen LogP contribution in [0.5, 0.6) is 5.75 Å². The van der Waals surface area contributed by atoms with E-state index in [9.17, 15) is 33.2 Å². The fourth-order valence-corrected chi connectivity index (χ4v) is 2.97. The van der Waals surface area contributed by atoms with E-state index in [1.165, 1.54) is 24.3 Å². The van der Waals surface area contributed by atoms with Gasteiger partial charge in [0.2, 0.25) is 0 Å². The van der Waals surface area contributed by atoms with E-state index in [0.29, 0.717) is 10.0 Å². The van der Waals surface area contributed by atoms with Crippen LogP contribution in [0.4, 0.5) is 18.9 Å². The van der Waals surface area contributed by atoms with Gasteiger partial charge in [-0.15, -0.1) is 0 Å². The van der Waals surface area contributed by atoms with Crippen molar-refractivity contribution in [2.24, 2.45) is 5.10 Å². The third-order valence-corrected chi connectivity index (χ3v) is 4.79. The molecule has 0 aromatic heterocycles. The average molecular weight is 488 g/mol. The molecule has 1 heterocycles. The van der Waals surface area contributed by atoms with E-state index in [1.807, 2.05) is 0 Å². The van der Waals surface area contributed by atoms with Crippen LogP contribution in [-0.4, -0.2) is 45.2 Å². The number of nitro benzene ring substituents is 1. The highest BCUT2D eigenvalue weighted by molar-refractivity contribution is 9.10. The summed E-state index contributed by atoms with van der Waals surface area (Å²) < 4.78 is 46.5. The Morgan fingerprint density at radius 3 is 2.37 bits per heavy atom. The number of amides is 1. The van der Waals surface area contributed by atoms with Crippen molar-refractivity contribution in [1.82, 2.24) is 5.01 Å². The topological polar surface area (TPSA) is 105 Å². The molecule has 3 rings (SSSR count). The van der Waals surface area contributed by atoms with Gasteiger partial charge in [0.1, 0.15) is 5.75 Å². The van der Waals surface area contributed by atoms with Gasteiger partial charge >= 0.3 is 6.18 Å². The molecule has 0 bridgehead atoms. The number of nitro groups is 1. The van der Waals surface area contributed by atoms with E-state index in [4.69, 9.17) is 4.74 Å². The monoisotopic (exact) mass is 487 g/mol. The quantitative estimate of drug-likeness (QED) is 0.512. The van der Waals surface area contributed by atoms with Crippen LogP contribution in [-0.2, 0) is 4.79 Å². The zero-order valence-corrected chi connectivity index (χ0v) is 16.6. The van der Waals surface area contributed by atoms with Crippen molar-refractivity contribution < 1.29 is 32.7 Å². The molecule has 30 heavy (non-hydrogen) atoms. The van der Waals surface area contributed by atoms with Crippen molar-refractivity contribution in [3.63, 3.8) is 0 Å². The van der Waals surface area contributed by atoms with Crippen molar-refractivity contribution in [2.75, 3.05) is 6.61 Å². The van der Waals surface area contributed by atoms with Crippen molar-refractivity contribution >= 4 is 33.2 Å². The van der Waals surface area contributed by atoms with Crippen LogP contribution in [0.15, 0.2) is 58.1 Å². The number of hydrogen-bond donors (Lipinski definition) is 1. The average Bonchev–Trinajstić information content (AvgIpc) is 3.06. The van der Waals surface area contributed by atoms with Gasteiger partial charge in [0.25, 0.3) is 17.3 Å². The molecule has 1 aliphatic rings. The maximum absolute atomic E-state index is 13.6. The number of aliphatic hydroxyl groups is 1. The summed E-state index contributed by atoms with van der Waals surface area (Å²) >= 11 is 3.21. The predicted octanol–water partition coefficient (Wildman–Crippen LogP) is 3.62. The summed E-state index contributed by atoms with van der Waals surface area (Å²) in [5.74, 6) is -1.21. The molecule has 158 valence electrons. The molecule has 1 amide bonds. The number of hydrogen-bond acceptors (Lipinski definition) is 6. The van der Waals surface area contributed by atoms with E-state index < -0.39 is 35.8 Å². The van der Waals surface area contributed by atoms with Crippen LogP contribution in [0.3, 0.4) is 0 Å². The first-order valence-electron chi connectivity index (χ1n) is 8.34. The molecule has 1 N–H and O–H groups in total. The number of alkyl halides is 3. The molecule has 2 aromatic rings. The fraction of sp³-hybridized carbons (Fsp3) is 0.222. The van der Waals surface area contributed by atoms with E-state index >= 15 is 0 Å². The number of rotatable bonds is 5. The van der Waals surface area contributed by atoms with Crippen molar-refractivity contribution in [3.05, 3.63) is 68.7 Å². The Kier molecular flexibility index (Phi) is 5.81. The zero-order valence-electron chi connectivity index (χ0n) is 15.0. The second kappa shape index (κ2) is 8.03. The third kappa shape index (κ3) is 4.28. The van der Waals surface area contributed by atoms with Gasteiger partial charge in [0.05, 0.1) is 17.1 Å². The molecule has 0 aliphatic carbocycles. The van der Waals surface area contributed by atoms with E-state index in [1.54, 1.807) is 12.1 Å². The first-order chi connectivity index (χ1) is 14.0. The SMILES string of the molecule is O=C(COc1ccc([N+](=O)[O-])cc1)N1N=C(c2ccc(Br)cc2)C[C@@]1(O)C(F)(F)F. The standard InChI is InChI=1S/C18H13BrF3N3O5/c19-12-3-1-11(2-4-12)15-9-17(27,18(20,21)22)24(23-15)16(26)10-30-14-7-5-13(6-8-14)25(28)29/h1-8,27H,9-10H2/t17-/m1/s1. The number of non-ortho nitro benzene ring substituents is 1. The summed E-state index contributed by atoms with van der Waals surface area (Å²) in [5.41, 5.74) is -3.55. The summed E-state index contributed by atoms with van der Waals surface area (Å²) in [6.07, 6.45) is -6.11. The highest BCUT2D eigenvalue weighted by Gasteiger charge is 2.63. The van der Waals surface area contributed by atoms with Crippen LogP contribution < -0.4 is 4.74 Å². The Balaban J connectivity index is 1.81. The van der Waals surface area contributed by atoms with Gasteiger partial charge in [0, 0.05) is 16.6 Å². The first kappa shape index (κ1) is 21.7. The van der Waals surface area contributed by atoms with Crippen molar-refractivity contribution in [3.8, 4) is 5.75 Å². The maximum Gasteiger partial charge on any atom is 0.438 e. The van der Waals surface area contributed by atoms with Crippen LogP contribution in [0.2, 0.25) is 0 Å². The second-order valence-electron chi connectivity index (χ2n) is 6.29. The van der Waals surface area contributed by atoms with Crippen LogP contribution >= 0.6 is 15.9 Å². The highest BCUT2D eigenvalue weighted by atomic mass is 79.9. The lowest BCUT2D eigenvalue weighted by Crippen LogP contribution is -2.57. The van der Waals surface area contributed by atoms with Crippen molar-refractivity contribution in [2.45, 2.75) is 18.3 Å². The van der Waals surface area contributed by atoms with Gasteiger partial charge in [-0.1, -0.05) is 28.1 Å². The molecule has 0 radical (unpaired) electrons. The number of benzene rings is 2. The molecule has 1 atom stereocenters. The molecule has 12 heteroatoms. The minimum absolute atomic E-state index is 0.0285. The van der Waals surface area contributed by atoms with Crippen LogP contribution in [0.25, 0.3) is 0 Å². The Bertz CT molecular complexity index is 996. The molecule has 0 saturated heterocycles. The lowest BCUT2D eigenvalue weighted by Gasteiger charge is -2.32. The lowest BCUT2D eigenvalue weighted by atomic mass is 10.0. The third-order valence-electron chi connectivity index (χ3n) is 4.26. The Morgan fingerprint density at radius 2 is 1.83 bits per heavy atom. The molecule has 0 saturated carbocycles. The first-order valence-corrected chi connectivity index (χ1v) is 9.13. The zero-order chi connectivity index (χ0) is 22.1. The molecule has 8 nitrogen and oxygen atoms in total. The fourth-order valence-electron chi connectivity index (χ4n) is 2.70. The molecule has 0 spiro atoms. The largest absolute Gasteiger partial charge is 0.484 e. The molecular formula is C18H13BrF3N3O5. The smallest absolute Gasteiger partial charge is 0.438 e. The van der Waals surface area contributed by atoms with E-state index in [-0.39, 0.29) is 22.2 Å². The molecule has 0 unspecified atom stereocenters. The van der Waals surface area contributed by atoms with E-state index in [2.05, 4.69) is 21.0 Å². The molecule has 2 aromatic carbocycles. The lowest BCUT2D eigenvalue weighted by molar-refractivity contribution is -0.384. The number of hydrazone groups is 1. The maximum atomic E-state index is 13.6. The number of nitrogens with zero attached hydrogens (tertiary/aromatic N) is 3. The van der Waals surface area contributed by atoms with Gasteiger partial charge < -0.3 is 9.84 Å². The van der Waals surface area contributed by atoms with Gasteiger partial charge in [-0.25, -0.2) is 0 Å². The minimum atomic E-state index is -5.17. The summed E-state index contributed by atoms with van der Waals surface area (Å²) in [4.78, 5) is 22.4. The number of halogens is 4. The molecule has 1 aliphatic heterocycles. The van der Waals surface area contributed by atoms with Gasteiger partial charge in [-0.05, 0) is 29.8 Å². The molecule has 0 fully saturated rings. The number of carbonyl (C=O) groups is 1. The summed E-state index contributed by atoms with van der Waals surface area (Å²) in [7, 11) is 0. The van der Waals surface area contributed by atoms with E-state index in [0.717, 1.165) is 12.1 Å². The van der Waals surface area contributed by atoms with Gasteiger partial charge in [-0.3, -0.25) is 14.9 Å².